The standard InChI is InChI=1S/C17H17ClO2/c1-12-6-7-16(13(8-12)9-18)19-10-14-11-20-17-5-3-2-4-15(14)17/h2-8,14H,9-11H2,1H3. The SMILES string of the molecule is Cc1ccc(OCC2COc3ccccc32)c(CCl)c1. The Labute approximate surface area is 124 Å². The molecule has 0 radical (unpaired) electrons. The number of alkyl halides is 1. The van der Waals surface area contributed by atoms with E-state index in [0.717, 1.165) is 17.1 Å². The summed E-state index contributed by atoms with van der Waals surface area (Å²) in [5.74, 6) is 2.60. The van der Waals surface area contributed by atoms with Gasteiger partial charge in [0, 0.05) is 11.1 Å². The molecule has 0 amide bonds. The number of ether oxygens (including phenoxy) is 2. The van der Waals surface area contributed by atoms with Crippen LogP contribution in [0.5, 0.6) is 11.5 Å². The second-order valence-corrected chi connectivity index (χ2v) is 5.37. The number of hydrogen-bond donors (Lipinski definition) is 0. The van der Waals surface area contributed by atoms with Crippen LogP contribution in [0.1, 0.15) is 22.6 Å². The average molecular weight is 289 g/mol. The fraction of sp³-hybridized carbons (Fsp3) is 0.294. The number of halogens is 1. The van der Waals surface area contributed by atoms with E-state index < -0.39 is 0 Å². The molecule has 2 aromatic carbocycles. The predicted octanol–water partition coefficient (Wildman–Crippen LogP) is 4.29. The lowest BCUT2D eigenvalue weighted by Gasteiger charge is -2.14. The van der Waals surface area contributed by atoms with Gasteiger partial charge in [-0.05, 0) is 19.1 Å². The van der Waals surface area contributed by atoms with E-state index in [1.165, 1.54) is 11.1 Å². The van der Waals surface area contributed by atoms with E-state index in [9.17, 15) is 0 Å². The molecule has 0 saturated carbocycles. The van der Waals surface area contributed by atoms with E-state index in [4.69, 9.17) is 21.1 Å². The summed E-state index contributed by atoms with van der Waals surface area (Å²) in [6, 6.07) is 14.3. The van der Waals surface area contributed by atoms with Gasteiger partial charge in [0.2, 0.25) is 0 Å². The Kier molecular flexibility index (Phi) is 3.83. The van der Waals surface area contributed by atoms with Gasteiger partial charge < -0.3 is 9.47 Å². The molecule has 2 nitrogen and oxygen atoms in total. The Bertz CT molecular complexity index is 610. The van der Waals surface area contributed by atoms with Crippen LogP contribution in [-0.4, -0.2) is 13.2 Å². The van der Waals surface area contributed by atoms with Crippen LogP contribution < -0.4 is 9.47 Å². The van der Waals surface area contributed by atoms with Crippen LogP contribution >= 0.6 is 11.6 Å². The number of fused-ring (bicyclic) bond motifs is 1. The molecule has 104 valence electrons. The number of para-hydroxylation sites is 1. The van der Waals surface area contributed by atoms with Crippen molar-refractivity contribution in [2.75, 3.05) is 13.2 Å². The molecule has 1 heterocycles. The molecule has 1 aliphatic rings. The Morgan fingerprint density at radius 1 is 1.25 bits per heavy atom. The van der Waals surface area contributed by atoms with E-state index in [-0.39, 0.29) is 5.92 Å². The van der Waals surface area contributed by atoms with Gasteiger partial charge in [-0.3, -0.25) is 0 Å². The van der Waals surface area contributed by atoms with Crippen LogP contribution in [0.25, 0.3) is 0 Å². The van der Waals surface area contributed by atoms with E-state index in [0.29, 0.717) is 19.1 Å². The van der Waals surface area contributed by atoms with Gasteiger partial charge in [0.25, 0.3) is 0 Å². The third kappa shape index (κ3) is 2.61. The molecule has 1 aliphatic heterocycles. The van der Waals surface area contributed by atoms with Crippen molar-refractivity contribution >= 4 is 11.6 Å². The summed E-state index contributed by atoms with van der Waals surface area (Å²) in [7, 11) is 0. The molecule has 1 unspecified atom stereocenters. The van der Waals surface area contributed by atoms with E-state index >= 15 is 0 Å². The highest BCUT2D eigenvalue weighted by Gasteiger charge is 2.24. The van der Waals surface area contributed by atoms with Gasteiger partial charge in [-0.25, -0.2) is 0 Å². The molecule has 0 aromatic heterocycles. The third-order valence-electron chi connectivity index (χ3n) is 3.60. The van der Waals surface area contributed by atoms with E-state index in [2.05, 4.69) is 19.1 Å². The van der Waals surface area contributed by atoms with Crippen molar-refractivity contribution in [3.05, 3.63) is 59.2 Å². The number of rotatable bonds is 4. The summed E-state index contributed by atoms with van der Waals surface area (Å²) in [5.41, 5.74) is 3.47. The summed E-state index contributed by atoms with van der Waals surface area (Å²) < 4.78 is 11.6. The van der Waals surface area contributed by atoms with Gasteiger partial charge >= 0.3 is 0 Å². The quantitative estimate of drug-likeness (QED) is 0.782. The zero-order chi connectivity index (χ0) is 13.9. The van der Waals surface area contributed by atoms with Crippen molar-refractivity contribution in [1.82, 2.24) is 0 Å². The lowest BCUT2D eigenvalue weighted by Crippen LogP contribution is -2.12. The van der Waals surface area contributed by atoms with Crippen LogP contribution in [0.15, 0.2) is 42.5 Å². The molecular weight excluding hydrogens is 272 g/mol. The summed E-state index contributed by atoms with van der Waals surface area (Å²) in [4.78, 5) is 0. The molecule has 0 bridgehead atoms. The van der Waals surface area contributed by atoms with Gasteiger partial charge in [0.15, 0.2) is 0 Å². The Morgan fingerprint density at radius 2 is 2.10 bits per heavy atom. The van der Waals surface area contributed by atoms with Crippen LogP contribution in [0.3, 0.4) is 0 Å². The largest absolute Gasteiger partial charge is 0.493 e. The molecule has 0 spiro atoms. The maximum atomic E-state index is 5.98. The van der Waals surface area contributed by atoms with Crippen LogP contribution in [-0.2, 0) is 5.88 Å². The van der Waals surface area contributed by atoms with Crippen molar-refractivity contribution in [1.29, 1.82) is 0 Å². The van der Waals surface area contributed by atoms with Gasteiger partial charge in [0.05, 0.1) is 25.0 Å². The van der Waals surface area contributed by atoms with Gasteiger partial charge in [-0.2, -0.15) is 0 Å². The number of aryl methyl sites for hydroxylation is 1. The average Bonchev–Trinajstić information content (AvgIpc) is 2.89. The monoisotopic (exact) mass is 288 g/mol. The van der Waals surface area contributed by atoms with Gasteiger partial charge in [-0.15, -0.1) is 11.6 Å². The maximum Gasteiger partial charge on any atom is 0.123 e. The lowest BCUT2D eigenvalue weighted by atomic mass is 10.0. The number of hydrogen-bond acceptors (Lipinski definition) is 2. The third-order valence-corrected chi connectivity index (χ3v) is 3.89. The highest BCUT2D eigenvalue weighted by Crippen LogP contribution is 2.34. The smallest absolute Gasteiger partial charge is 0.123 e. The maximum absolute atomic E-state index is 5.98. The number of benzene rings is 2. The molecular formula is C17H17ClO2. The summed E-state index contributed by atoms with van der Waals surface area (Å²) in [6.45, 7) is 3.35. The van der Waals surface area contributed by atoms with Crippen molar-refractivity contribution in [3.63, 3.8) is 0 Å². The van der Waals surface area contributed by atoms with Crippen molar-refractivity contribution < 1.29 is 9.47 Å². The second-order valence-electron chi connectivity index (χ2n) is 5.10. The normalized spacial score (nSPS) is 16.6. The topological polar surface area (TPSA) is 18.5 Å². The molecule has 0 N–H and O–H groups in total. The van der Waals surface area contributed by atoms with Crippen LogP contribution in [0, 0.1) is 6.92 Å². The molecule has 20 heavy (non-hydrogen) atoms. The Morgan fingerprint density at radius 3 is 2.95 bits per heavy atom. The molecule has 3 heteroatoms. The second kappa shape index (κ2) is 5.76. The summed E-state index contributed by atoms with van der Waals surface area (Å²) in [6.07, 6.45) is 0. The molecule has 2 aromatic rings. The summed E-state index contributed by atoms with van der Waals surface area (Å²) in [5, 5.41) is 0. The lowest BCUT2D eigenvalue weighted by molar-refractivity contribution is 0.247. The highest BCUT2D eigenvalue weighted by atomic mass is 35.5. The zero-order valence-electron chi connectivity index (χ0n) is 11.4. The highest BCUT2D eigenvalue weighted by molar-refractivity contribution is 6.17. The Hall–Kier alpha value is -1.67. The zero-order valence-corrected chi connectivity index (χ0v) is 12.2. The molecule has 1 atom stereocenters. The van der Waals surface area contributed by atoms with Crippen molar-refractivity contribution in [2.45, 2.75) is 18.7 Å². The van der Waals surface area contributed by atoms with E-state index in [1.54, 1.807) is 0 Å². The van der Waals surface area contributed by atoms with Gasteiger partial charge in [0.1, 0.15) is 11.5 Å². The molecule has 0 aliphatic carbocycles. The van der Waals surface area contributed by atoms with Crippen molar-refractivity contribution in [2.24, 2.45) is 0 Å². The molecule has 0 fully saturated rings. The minimum absolute atomic E-state index is 0.288. The molecule has 3 rings (SSSR count). The fourth-order valence-electron chi connectivity index (χ4n) is 2.51. The predicted molar refractivity (Wildman–Crippen MR) is 80.9 cm³/mol. The Balaban J connectivity index is 1.72. The minimum Gasteiger partial charge on any atom is -0.493 e. The van der Waals surface area contributed by atoms with Crippen molar-refractivity contribution in [3.8, 4) is 11.5 Å². The fourth-order valence-corrected chi connectivity index (χ4v) is 2.72. The first kappa shape index (κ1) is 13.3. The molecule has 0 saturated heterocycles. The first-order valence-corrected chi connectivity index (χ1v) is 7.31. The van der Waals surface area contributed by atoms with Gasteiger partial charge in [-0.1, -0.05) is 35.9 Å². The first-order chi connectivity index (χ1) is 9.78. The van der Waals surface area contributed by atoms with Crippen LogP contribution in [0.2, 0.25) is 0 Å². The van der Waals surface area contributed by atoms with E-state index in [1.807, 2.05) is 30.3 Å². The minimum atomic E-state index is 0.288. The van der Waals surface area contributed by atoms with Crippen LogP contribution in [0.4, 0.5) is 0 Å². The first-order valence-electron chi connectivity index (χ1n) is 6.78. The summed E-state index contributed by atoms with van der Waals surface area (Å²) >= 11 is 5.98.